The predicted molar refractivity (Wildman–Crippen MR) is 226 cm³/mol. The summed E-state index contributed by atoms with van der Waals surface area (Å²) in [5, 5.41) is 9.07. The Labute approximate surface area is 344 Å². The van der Waals surface area contributed by atoms with Crippen LogP contribution in [0.15, 0.2) is 71.9 Å². The monoisotopic (exact) mass is 849 g/mol. The van der Waals surface area contributed by atoms with Gasteiger partial charge in [-0.05, 0) is 105 Å². The molecule has 10 nitrogen and oxygen atoms in total. The van der Waals surface area contributed by atoms with E-state index in [0.717, 1.165) is 78.5 Å². The van der Waals surface area contributed by atoms with Gasteiger partial charge >= 0.3 is 6.18 Å². The summed E-state index contributed by atoms with van der Waals surface area (Å²) in [4.78, 5) is 40.9. The zero-order chi connectivity index (χ0) is 40.6. The summed E-state index contributed by atoms with van der Waals surface area (Å²) in [7, 11) is -2.71. The van der Waals surface area contributed by atoms with Crippen LogP contribution >= 0.6 is 22.7 Å². The van der Waals surface area contributed by atoms with Crippen LogP contribution in [-0.4, -0.2) is 77.3 Å². The van der Waals surface area contributed by atoms with Gasteiger partial charge in [0.05, 0.1) is 21.8 Å². The standard InChI is InChI=1S/C42H46F3N7O3S3/c1-3-27(19-31(4-2)58(55,32-6-7-32)52-17-13-30(14-18-52)49-41-48-23-37(57-41)42(43,44)45)39-46-21-26(22-47-39)24-51-15-11-28(12-16-51)29-5-8-33-35(25-56-36(33)20-29)34-9-10-38(53)50-40(34)54/h3-5,8,19-23,25,28,30,34H,2,6-7,9-18,24H2,1H3,(H,48,49)(H,50,53,54)/b27-3+,31-19+. The number of imide groups is 1. The molecule has 4 fully saturated rings. The lowest BCUT2D eigenvalue weighted by atomic mass is 9.87. The fourth-order valence-electron chi connectivity index (χ4n) is 8.26. The van der Waals surface area contributed by atoms with E-state index in [9.17, 15) is 27.0 Å². The molecule has 2 N–H and O–H groups in total. The minimum Gasteiger partial charge on any atom is -0.359 e. The van der Waals surface area contributed by atoms with Crippen molar-refractivity contribution in [3.8, 4) is 0 Å². The second kappa shape index (κ2) is 16.8. The number of nitrogens with one attached hydrogen (secondary N) is 2. The van der Waals surface area contributed by atoms with Crippen LogP contribution in [0.3, 0.4) is 0 Å². The highest BCUT2D eigenvalue weighted by Gasteiger charge is 2.36. The van der Waals surface area contributed by atoms with Crippen LogP contribution in [0.1, 0.15) is 97.5 Å². The molecule has 0 radical (unpaired) electrons. The Morgan fingerprint density at radius 3 is 2.40 bits per heavy atom. The second-order valence-electron chi connectivity index (χ2n) is 15.4. The van der Waals surface area contributed by atoms with E-state index in [1.165, 1.54) is 10.3 Å². The average Bonchev–Trinajstić information content (AvgIpc) is 3.83. The van der Waals surface area contributed by atoms with Crippen LogP contribution in [0.4, 0.5) is 18.3 Å². The largest absolute Gasteiger partial charge is 0.427 e. The molecule has 3 aliphatic heterocycles. The molecule has 2 atom stereocenters. The van der Waals surface area contributed by atoms with Gasteiger partial charge < -0.3 is 5.32 Å². The number of aromatic nitrogens is 3. The number of amides is 2. The molecule has 8 rings (SSSR count). The molecule has 16 heteroatoms. The van der Waals surface area contributed by atoms with E-state index in [2.05, 4.69) is 50.7 Å². The van der Waals surface area contributed by atoms with Crippen LogP contribution in [0.25, 0.3) is 15.7 Å². The number of carbonyl (C=O) groups excluding carboxylic acids is 2. The van der Waals surface area contributed by atoms with Gasteiger partial charge in [-0.2, -0.15) is 13.2 Å². The van der Waals surface area contributed by atoms with Crippen molar-refractivity contribution < 1.29 is 27.0 Å². The Morgan fingerprint density at radius 2 is 1.76 bits per heavy atom. The Kier molecular flexibility index (Phi) is 11.7. The summed E-state index contributed by atoms with van der Waals surface area (Å²) in [5.41, 5.74) is 4.12. The average molecular weight is 850 g/mol. The first-order chi connectivity index (χ1) is 27.9. The Balaban J connectivity index is 0.870. The third kappa shape index (κ3) is 8.58. The number of thiazole rings is 1. The zero-order valence-electron chi connectivity index (χ0n) is 32.2. The molecule has 0 spiro atoms. The van der Waals surface area contributed by atoms with E-state index < -0.39 is 20.8 Å². The quantitative estimate of drug-likeness (QED) is 0.0880. The highest BCUT2D eigenvalue weighted by molar-refractivity contribution is 8.04. The van der Waals surface area contributed by atoms with Crippen molar-refractivity contribution >= 4 is 69.9 Å². The minimum atomic E-state index is -4.42. The number of fused-ring (bicyclic) bond motifs is 1. The van der Waals surface area contributed by atoms with E-state index >= 15 is 0 Å². The van der Waals surface area contributed by atoms with Gasteiger partial charge in [-0.15, -0.1) is 11.3 Å². The number of benzene rings is 1. The van der Waals surface area contributed by atoms with E-state index in [1.54, 1.807) is 17.4 Å². The van der Waals surface area contributed by atoms with Crippen molar-refractivity contribution in [2.24, 2.45) is 0 Å². The highest BCUT2D eigenvalue weighted by Crippen LogP contribution is 2.39. The molecule has 1 aliphatic carbocycles. The van der Waals surface area contributed by atoms with Crippen LogP contribution < -0.4 is 10.6 Å². The fourth-order valence-corrected chi connectivity index (χ4v) is 13.0. The Bertz CT molecular complexity index is 2390. The molecule has 1 aromatic carbocycles. The van der Waals surface area contributed by atoms with Crippen molar-refractivity contribution in [2.75, 3.05) is 31.5 Å². The number of thiophene rings is 1. The first kappa shape index (κ1) is 40.6. The number of piperidine rings is 3. The van der Waals surface area contributed by atoms with E-state index in [-0.39, 0.29) is 28.9 Å². The summed E-state index contributed by atoms with van der Waals surface area (Å²) < 4.78 is 57.4. The number of nitrogens with zero attached hydrogens (tertiary/aromatic N) is 5. The molecule has 6 heterocycles. The number of alkyl halides is 3. The van der Waals surface area contributed by atoms with Crippen molar-refractivity contribution in [1.82, 2.24) is 29.5 Å². The van der Waals surface area contributed by atoms with Crippen LogP contribution in [-0.2, 0) is 32.0 Å². The Morgan fingerprint density at radius 1 is 1.02 bits per heavy atom. The van der Waals surface area contributed by atoms with Crippen LogP contribution in [0.2, 0.25) is 0 Å². The fraction of sp³-hybridized carbons (Fsp3) is 0.429. The smallest absolute Gasteiger partial charge is 0.359 e. The lowest BCUT2D eigenvalue weighted by Crippen LogP contribution is -2.43. The van der Waals surface area contributed by atoms with Crippen LogP contribution in [0.5, 0.6) is 0 Å². The van der Waals surface area contributed by atoms with Gasteiger partial charge in [-0.1, -0.05) is 42.2 Å². The molecule has 2 amide bonds. The maximum atomic E-state index is 14.9. The SMILES string of the molecule is C=C/C(=C\C(=C/C)c1ncc(CN2CCC(c3ccc4c(C5CCC(=O)NC5=O)csc4c3)CC2)cn1)S(=O)(=C1CC1)N1CCC(Nc2ncc(C(F)(F)F)s2)CC1. The summed E-state index contributed by atoms with van der Waals surface area (Å²) >= 11 is 2.27. The summed E-state index contributed by atoms with van der Waals surface area (Å²) in [6, 6.07) is 6.56. The van der Waals surface area contributed by atoms with Gasteiger partial charge in [0.25, 0.3) is 0 Å². The number of allylic oxidation sites excluding steroid dienone is 4. The predicted octanol–water partition coefficient (Wildman–Crippen LogP) is 8.28. The molecule has 306 valence electrons. The third-order valence-electron chi connectivity index (χ3n) is 11.6. The third-order valence-corrected chi connectivity index (χ3v) is 16.7. The molecule has 3 aromatic heterocycles. The first-order valence-electron chi connectivity index (χ1n) is 19.8. The normalized spacial score (nSPS) is 21.9. The number of hydrogen-bond donors (Lipinski definition) is 2. The van der Waals surface area contributed by atoms with Gasteiger partial charge in [0.15, 0.2) is 11.0 Å². The molecule has 1 saturated carbocycles. The number of halogens is 3. The van der Waals surface area contributed by atoms with E-state index in [4.69, 9.17) is 9.97 Å². The van der Waals surface area contributed by atoms with Crippen LogP contribution in [0, 0.1) is 0 Å². The topological polar surface area (TPSA) is 120 Å². The van der Waals surface area contributed by atoms with Crippen molar-refractivity contribution in [1.29, 1.82) is 0 Å². The Hall–Kier alpha value is -4.22. The number of carbonyl (C=O) groups is 2. The number of hydrogen-bond acceptors (Lipinski definition) is 10. The molecule has 4 aromatic rings. The number of likely N-dealkylation sites (tertiary alicyclic amines) is 1. The van der Waals surface area contributed by atoms with Gasteiger partial charge in [0.1, 0.15) is 4.88 Å². The number of rotatable bonds is 11. The minimum absolute atomic E-state index is 0.0676. The molecule has 58 heavy (non-hydrogen) atoms. The van der Waals surface area contributed by atoms with Gasteiger partial charge in [0.2, 0.25) is 11.8 Å². The highest BCUT2D eigenvalue weighted by atomic mass is 32.2. The van der Waals surface area contributed by atoms with E-state index in [0.29, 0.717) is 66.8 Å². The van der Waals surface area contributed by atoms with Gasteiger partial charge in [0, 0.05) is 70.1 Å². The molecule has 4 aliphatic rings. The zero-order valence-corrected chi connectivity index (χ0v) is 34.7. The lowest BCUT2D eigenvalue weighted by molar-refractivity contribution is -0.135. The maximum absolute atomic E-state index is 14.9. The second-order valence-corrected chi connectivity index (χ2v) is 19.9. The van der Waals surface area contributed by atoms with Gasteiger partial charge in [-0.3, -0.25) is 19.8 Å². The molecule has 3 saturated heterocycles. The molecular weight excluding hydrogens is 804 g/mol. The molecule has 2 unspecified atom stereocenters. The van der Waals surface area contributed by atoms with Gasteiger partial charge in [-0.25, -0.2) is 23.5 Å². The molecular formula is C42H46F3N7O3S3. The number of anilines is 1. The van der Waals surface area contributed by atoms with Crippen molar-refractivity contribution in [2.45, 2.75) is 88.9 Å². The first-order valence-corrected chi connectivity index (χ1v) is 23.0. The molecule has 0 bridgehead atoms. The summed E-state index contributed by atoms with van der Waals surface area (Å²) in [6.07, 6.45) is 11.5. The summed E-state index contributed by atoms with van der Waals surface area (Å²) in [6.45, 7) is 9.65. The van der Waals surface area contributed by atoms with Crippen molar-refractivity contribution in [3.63, 3.8) is 0 Å². The maximum Gasteiger partial charge on any atom is 0.427 e. The summed E-state index contributed by atoms with van der Waals surface area (Å²) in [5.74, 6) is 0.323. The van der Waals surface area contributed by atoms with Crippen molar-refractivity contribution in [3.05, 3.63) is 99.3 Å². The van der Waals surface area contributed by atoms with E-state index in [1.807, 2.05) is 35.8 Å². The lowest BCUT2D eigenvalue weighted by Gasteiger charge is -2.35.